The van der Waals surface area contributed by atoms with Gasteiger partial charge in [-0.1, -0.05) is 0 Å². The van der Waals surface area contributed by atoms with E-state index in [4.69, 9.17) is 4.98 Å². The van der Waals surface area contributed by atoms with Gasteiger partial charge in [0, 0.05) is 0 Å². The molecule has 5 nitrogen and oxygen atoms in total. The van der Waals surface area contributed by atoms with E-state index in [2.05, 4.69) is 41.4 Å². The molecule has 1 saturated heterocycles. The molecule has 1 fully saturated rings. The van der Waals surface area contributed by atoms with Crippen LogP contribution in [-0.4, -0.2) is 66.1 Å². The molecule has 6 heteroatoms. The van der Waals surface area contributed by atoms with Crippen molar-refractivity contribution >= 4 is 30.5 Å². The maximum atomic E-state index is 4.74. The molecular weight excluding hydrogens is 249 g/mol. The van der Waals surface area contributed by atoms with Gasteiger partial charge in [0.2, 0.25) is 0 Å². The number of fused-ring (bicyclic) bond motifs is 1. The van der Waals surface area contributed by atoms with E-state index < -0.39 is 0 Å². The fraction of sp³-hybridized carbons (Fsp3) is 0.500. The Morgan fingerprint density at radius 2 is 2.05 bits per heavy atom. The van der Waals surface area contributed by atoms with Gasteiger partial charge in [0.25, 0.3) is 0 Å². The second-order valence-corrected chi connectivity index (χ2v) is 5.53. The Morgan fingerprint density at radius 1 is 1.30 bits per heavy atom. The van der Waals surface area contributed by atoms with Crippen molar-refractivity contribution < 1.29 is 0 Å². The van der Waals surface area contributed by atoms with Crippen LogP contribution in [0.1, 0.15) is 12.8 Å². The topological polar surface area (TPSA) is 37.2 Å². The van der Waals surface area contributed by atoms with Crippen LogP contribution in [0.3, 0.4) is 0 Å². The Morgan fingerprint density at radius 3 is 2.70 bits per heavy atom. The van der Waals surface area contributed by atoms with Crippen LogP contribution in [0.5, 0.6) is 0 Å². The monoisotopic (exact) mass is 269 g/mol. The summed E-state index contributed by atoms with van der Waals surface area (Å²) in [5, 5.41) is 0. The Labute approximate surface area is 120 Å². The Kier molecular flexibility index (Phi) is 3.57. The van der Waals surface area contributed by atoms with E-state index in [1.165, 1.54) is 12.8 Å². The van der Waals surface area contributed by atoms with Crippen molar-refractivity contribution in [3.05, 3.63) is 18.5 Å². The zero-order chi connectivity index (χ0) is 14.1. The Balaban J connectivity index is 1.82. The number of piperidine rings is 1. The van der Waals surface area contributed by atoms with Gasteiger partial charge < -0.3 is 0 Å². The van der Waals surface area contributed by atoms with Gasteiger partial charge >= 0.3 is 119 Å². The summed E-state index contributed by atoms with van der Waals surface area (Å²) in [4.78, 5) is 13.7. The van der Waals surface area contributed by atoms with Crippen LogP contribution in [0.25, 0.3) is 11.2 Å². The summed E-state index contributed by atoms with van der Waals surface area (Å²) in [6.45, 7) is 5.91. The van der Waals surface area contributed by atoms with Crippen LogP contribution < -0.4 is 4.90 Å². The van der Waals surface area contributed by atoms with Crippen molar-refractivity contribution in [3.8, 4) is 0 Å². The fourth-order valence-electron chi connectivity index (χ4n) is 2.82. The number of anilines is 1. The molecule has 1 aliphatic heterocycles. The molecule has 1 aliphatic rings. The molecular formula is C14H20BN5. The number of pyridine rings is 1. The number of aromatic nitrogens is 3. The predicted molar refractivity (Wildman–Crippen MR) is 84.7 cm³/mol. The predicted octanol–water partition coefficient (Wildman–Crippen LogP) is 0.861. The van der Waals surface area contributed by atoms with E-state index in [1.807, 2.05) is 10.5 Å². The van der Waals surface area contributed by atoms with Crippen LogP contribution in [0, 0.1) is 0 Å². The summed E-state index contributed by atoms with van der Waals surface area (Å²) in [5.41, 5.74) is 1.80. The summed E-state index contributed by atoms with van der Waals surface area (Å²) >= 11 is 0. The van der Waals surface area contributed by atoms with Crippen molar-refractivity contribution in [3.63, 3.8) is 0 Å². The standard InChI is InChI=1S/C14H20BN5/c1-15-20-10-16-12-4-5-13(17-14(12)20)19-8-6-11(7-9-19)18(2)3/h4-5,10-11H,1,6-9H2,2-3H3. The van der Waals surface area contributed by atoms with E-state index in [-0.39, 0.29) is 0 Å². The average molecular weight is 269 g/mol. The molecule has 0 spiro atoms. The van der Waals surface area contributed by atoms with Crippen molar-refractivity contribution in [2.24, 2.45) is 0 Å². The minimum atomic E-state index is 0.689. The normalized spacial score (nSPS) is 16.9. The van der Waals surface area contributed by atoms with Crippen LogP contribution >= 0.6 is 0 Å². The van der Waals surface area contributed by atoms with Crippen LogP contribution in [-0.2, 0) is 0 Å². The van der Waals surface area contributed by atoms with Crippen LogP contribution in [0.15, 0.2) is 18.5 Å². The number of rotatable bonds is 3. The first-order valence-electron chi connectivity index (χ1n) is 7.06. The molecule has 0 aromatic carbocycles. The van der Waals surface area contributed by atoms with Crippen molar-refractivity contribution in [1.82, 2.24) is 19.3 Å². The number of nitrogens with zero attached hydrogens (tertiary/aromatic N) is 5. The molecule has 0 radical (unpaired) electrons. The first-order valence-corrected chi connectivity index (χ1v) is 7.06. The Hall–Kier alpha value is -1.69. The molecule has 0 amide bonds. The summed E-state index contributed by atoms with van der Waals surface area (Å²) in [6.07, 6.45) is 4.13. The second-order valence-electron chi connectivity index (χ2n) is 5.53. The first-order chi connectivity index (χ1) is 9.69. The molecule has 0 saturated carbocycles. The maximum absolute atomic E-state index is 4.74. The molecule has 0 unspecified atom stereocenters. The van der Waals surface area contributed by atoms with Crippen molar-refractivity contribution in [1.29, 1.82) is 0 Å². The molecule has 2 aromatic rings. The molecule has 0 aliphatic carbocycles. The van der Waals surface area contributed by atoms with Gasteiger partial charge in [-0.25, -0.2) is 0 Å². The third kappa shape index (κ3) is 2.35. The van der Waals surface area contributed by atoms with E-state index in [0.717, 1.165) is 30.1 Å². The molecule has 3 heterocycles. The second kappa shape index (κ2) is 5.36. The van der Waals surface area contributed by atoms with Gasteiger partial charge in [-0.15, -0.1) is 0 Å². The van der Waals surface area contributed by atoms with E-state index in [9.17, 15) is 0 Å². The van der Waals surface area contributed by atoms with Crippen LogP contribution in [0.2, 0.25) is 0 Å². The third-order valence-electron chi connectivity index (χ3n) is 4.12. The van der Waals surface area contributed by atoms with Crippen LogP contribution in [0.4, 0.5) is 5.82 Å². The van der Waals surface area contributed by atoms with Crippen molar-refractivity contribution in [2.75, 3.05) is 32.1 Å². The summed E-state index contributed by atoms with van der Waals surface area (Å²) in [7, 11) is 6.06. The molecule has 2 aromatic heterocycles. The van der Waals surface area contributed by atoms with E-state index >= 15 is 0 Å². The van der Waals surface area contributed by atoms with Gasteiger partial charge in [0.1, 0.15) is 0 Å². The Bertz CT molecular complexity index is 613. The van der Waals surface area contributed by atoms with Gasteiger partial charge in [0.05, 0.1) is 0 Å². The first kappa shape index (κ1) is 13.3. The van der Waals surface area contributed by atoms with Gasteiger partial charge in [0.15, 0.2) is 0 Å². The quantitative estimate of drug-likeness (QED) is 0.774. The molecule has 104 valence electrons. The molecule has 0 bridgehead atoms. The van der Waals surface area contributed by atoms with Gasteiger partial charge in [-0.2, -0.15) is 0 Å². The summed E-state index contributed by atoms with van der Waals surface area (Å²) in [6, 6.07) is 4.79. The van der Waals surface area contributed by atoms with Gasteiger partial charge in [-0.05, 0) is 0 Å². The molecule has 20 heavy (non-hydrogen) atoms. The molecule has 3 rings (SSSR count). The summed E-state index contributed by atoms with van der Waals surface area (Å²) < 4.78 is 1.87. The van der Waals surface area contributed by atoms with E-state index in [0.29, 0.717) is 6.04 Å². The number of hydrogen-bond donors (Lipinski definition) is 0. The average Bonchev–Trinajstić information content (AvgIpc) is 2.89. The van der Waals surface area contributed by atoms with E-state index in [1.54, 1.807) is 13.4 Å². The zero-order valence-corrected chi connectivity index (χ0v) is 12.2. The zero-order valence-electron chi connectivity index (χ0n) is 12.2. The number of hydrogen-bond acceptors (Lipinski definition) is 4. The van der Waals surface area contributed by atoms with Crippen molar-refractivity contribution in [2.45, 2.75) is 18.9 Å². The molecule has 0 atom stereocenters. The summed E-state index contributed by atoms with van der Waals surface area (Å²) in [5.74, 6) is 1.04. The fourth-order valence-corrected chi connectivity index (χ4v) is 2.82. The minimum absolute atomic E-state index is 0.689. The third-order valence-corrected chi connectivity index (χ3v) is 4.12. The van der Waals surface area contributed by atoms with Gasteiger partial charge in [-0.3, -0.25) is 0 Å². The molecule has 0 N–H and O–H groups in total. The number of imidazole rings is 1. The SMILES string of the molecule is C=Bn1cnc2ccc(N3CCC(N(C)C)CC3)nc21.